The molecule has 0 unspecified atom stereocenters. The first-order chi connectivity index (χ1) is 17.4. The molecule has 3 N–H and O–H groups in total. The quantitative estimate of drug-likeness (QED) is 0.563. The third-order valence-corrected chi connectivity index (χ3v) is 7.72. The summed E-state index contributed by atoms with van der Waals surface area (Å²) in [6.07, 6.45) is 4.65. The summed E-state index contributed by atoms with van der Waals surface area (Å²) in [7, 11) is 0. The highest BCUT2D eigenvalue weighted by Gasteiger charge is 2.45. The highest BCUT2D eigenvalue weighted by atomic mass is 16.2. The molecule has 3 aromatic rings. The Morgan fingerprint density at radius 1 is 0.889 bits per heavy atom. The van der Waals surface area contributed by atoms with E-state index in [2.05, 4.69) is 9.88 Å². The van der Waals surface area contributed by atoms with Crippen LogP contribution in [0.15, 0.2) is 58.1 Å². The molecular weight excluding hydrogens is 458 g/mol. The summed E-state index contributed by atoms with van der Waals surface area (Å²) in [5.74, 6) is -0.300. The van der Waals surface area contributed by atoms with Gasteiger partial charge in [-0.3, -0.25) is 19.3 Å². The minimum atomic E-state index is -0.654. The van der Waals surface area contributed by atoms with Crippen LogP contribution in [0.5, 0.6) is 0 Å². The Labute approximate surface area is 208 Å². The van der Waals surface area contributed by atoms with Crippen LogP contribution in [0.25, 0.3) is 16.6 Å². The molecule has 2 aliphatic rings. The van der Waals surface area contributed by atoms with Crippen molar-refractivity contribution in [3.8, 4) is 5.69 Å². The van der Waals surface area contributed by atoms with Crippen molar-refractivity contribution in [2.45, 2.75) is 44.1 Å². The number of primary amides is 1. The molecule has 36 heavy (non-hydrogen) atoms. The van der Waals surface area contributed by atoms with Crippen LogP contribution in [0.4, 0.5) is 0 Å². The zero-order valence-corrected chi connectivity index (χ0v) is 20.2. The standard InChI is InChI=1S/C27H31N5O4/c28-25(35)27(31-14-4-1-5-15-31)12-16-30(17-13-27)23(33)18-19-8-10-20(11-9-19)32-24(34)21-6-2-3-7-22(21)29-26(32)36/h2-3,6-11H,1,4-5,12-18H2,(H2,28,35)(H,29,36). The molecule has 0 bridgehead atoms. The van der Waals surface area contributed by atoms with E-state index in [0.717, 1.165) is 36.1 Å². The second-order valence-electron chi connectivity index (χ2n) is 9.78. The Balaban J connectivity index is 1.27. The number of piperidine rings is 2. The molecule has 2 fully saturated rings. The van der Waals surface area contributed by atoms with Crippen LogP contribution >= 0.6 is 0 Å². The number of hydrogen-bond acceptors (Lipinski definition) is 5. The highest BCUT2D eigenvalue weighted by molar-refractivity contribution is 5.86. The third-order valence-electron chi connectivity index (χ3n) is 7.72. The number of nitrogens with one attached hydrogen (secondary N) is 1. The Morgan fingerprint density at radius 2 is 1.56 bits per heavy atom. The van der Waals surface area contributed by atoms with Gasteiger partial charge in [0.2, 0.25) is 11.8 Å². The van der Waals surface area contributed by atoms with Crippen molar-refractivity contribution < 1.29 is 9.59 Å². The van der Waals surface area contributed by atoms with Crippen molar-refractivity contribution in [1.29, 1.82) is 0 Å². The van der Waals surface area contributed by atoms with Gasteiger partial charge in [-0.25, -0.2) is 9.36 Å². The van der Waals surface area contributed by atoms with E-state index in [4.69, 9.17) is 5.73 Å². The van der Waals surface area contributed by atoms with Crippen LogP contribution in [0.3, 0.4) is 0 Å². The molecule has 188 valence electrons. The Kier molecular flexibility index (Phi) is 6.49. The minimum Gasteiger partial charge on any atom is -0.368 e. The number of carbonyl (C=O) groups excluding carboxylic acids is 2. The fourth-order valence-electron chi connectivity index (χ4n) is 5.61. The number of hydrogen-bond donors (Lipinski definition) is 2. The maximum Gasteiger partial charge on any atom is 0.333 e. The smallest absolute Gasteiger partial charge is 0.333 e. The molecule has 0 saturated carbocycles. The van der Waals surface area contributed by atoms with E-state index in [-0.39, 0.29) is 18.2 Å². The van der Waals surface area contributed by atoms with E-state index in [1.165, 1.54) is 6.42 Å². The van der Waals surface area contributed by atoms with Crippen molar-refractivity contribution >= 4 is 22.7 Å². The van der Waals surface area contributed by atoms with Gasteiger partial charge in [0.15, 0.2) is 0 Å². The summed E-state index contributed by atoms with van der Waals surface area (Å²) in [5, 5.41) is 0.429. The van der Waals surface area contributed by atoms with Crippen LogP contribution in [0, 0.1) is 0 Å². The minimum absolute atomic E-state index is 0.0137. The Bertz CT molecular complexity index is 1390. The number of nitrogens with two attached hydrogens (primary N) is 1. The number of fused-ring (bicyclic) bond motifs is 1. The zero-order chi connectivity index (χ0) is 25.3. The van der Waals surface area contributed by atoms with Crippen molar-refractivity contribution in [2.24, 2.45) is 5.73 Å². The zero-order valence-electron chi connectivity index (χ0n) is 20.2. The Hall–Kier alpha value is -3.72. The average molecular weight is 490 g/mol. The molecular formula is C27H31N5O4. The summed E-state index contributed by atoms with van der Waals surface area (Å²) in [5.41, 5.74) is 6.02. The number of likely N-dealkylation sites (tertiary alicyclic amines) is 2. The summed E-state index contributed by atoms with van der Waals surface area (Å²) in [6, 6.07) is 13.8. The number of H-pyrrole nitrogens is 1. The monoisotopic (exact) mass is 489 g/mol. The normalized spacial score (nSPS) is 18.3. The van der Waals surface area contributed by atoms with E-state index in [1.807, 2.05) is 0 Å². The number of para-hydroxylation sites is 1. The van der Waals surface area contributed by atoms with Crippen LogP contribution in [-0.2, 0) is 16.0 Å². The molecule has 3 heterocycles. The molecule has 1 aromatic heterocycles. The van der Waals surface area contributed by atoms with Gasteiger partial charge in [-0.05, 0) is 68.6 Å². The van der Waals surface area contributed by atoms with Gasteiger partial charge in [0, 0.05) is 13.1 Å². The van der Waals surface area contributed by atoms with Gasteiger partial charge in [0.05, 0.1) is 23.0 Å². The Morgan fingerprint density at radius 3 is 2.22 bits per heavy atom. The third kappa shape index (κ3) is 4.35. The van der Waals surface area contributed by atoms with Gasteiger partial charge >= 0.3 is 5.69 Å². The number of aromatic amines is 1. The number of benzene rings is 2. The molecule has 0 radical (unpaired) electrons. The van der Waals surface area contributed by atoms with Crippen molar-refractivity contribution in [3.63, 3.8) is 0 Å². The predicted octanol–water partition coefficient (Wildman–Crippen LogP) is 1.55. The molecule has 2 amide bonds. The molecule has 9 nitrogen and oxygen atoms in total. The highest BCUT2D eigenvalue weighted by Crippen LogP contribution is 2.31. The first kappa shape index (κ1) is 24.0. The second-order valence-corrected chi connectivity index (χ2v) is 9.78. The average Bonchev–Trinajstić information content (AvgIpc) is 2.90. The number of amides is 2. The van der Waals surface area contributed by atoms with Gasteiger partial charge in [-0.2, -0.15) is 0 Å². The summed E-state index contributed by atoms with van der Waals surface area (Å²) < 4.78 is 1.10. The van der Waals surface area contributed by atoms with E-state index in [1.54, 1.807) is 53.4 Å². The first-order valence-corrected chi connectivity index (χ1v) is 12.6. The van der Waals surface area contributed by atoms with Crippen LogP contribution in [0.2, 0.25) is 0 Å². The van der Waals surface area contributed by atoms with Crippen LogP contribution in [0.1, 0.15) is 37.7 Å². The summed E-state index contributed by atoms with van der Waals surface area (Å²) in [4.78, 5) is 57.7. The molecule has 2 aromatic carbocycles. The summed E-state index contributed by atoms with van der Waals surface area (Å²) >= 11 is 0. The lowest BCUT2D eigenvalue weighted by molar-refractivity contribution is -0.141. The molecule has 0 aliphatic carbocycles. The lowest BCUT2D eigenvalue weighted by Gasteiger charge is -2.48. The largest absolute Gasteiger partial charge is 0.368 e. The van der Waals surface area contributed by atoms with E-state index in [9.17, 15) is 19.2 Å². The number of nitrogens with zero attached hydrogens (tertiary/aromatic N) is 3. The van der Waals surface area contributed by atoms with Gasteiger partial charge in [-0.1, -0.05) is 30.7 Å². The van der Waals surface area contributed by atoms with Gasteiger partial charge in [-0.15, -0.1) is 0 Å². The van der Waals surface area contributed by atoms with Crippen molar-refractivity contribution in [2.75, 3.05) is 26.2 Å². The van der Waals surface area contributed by atoms with Crippen LogP contribution in [-0.4, -0.2) is 62.9 Å². The maximum atomic E-state index is 13.0. The molecule has 0 atom stereocenters. The van der Waals surface area contributed by atoms with Crippen molar-refractivity contribution in [1.82, 2.24) is 19.4 Å². The summed E-state index contributed by atoms with van der Waals surface area (Å²) in [6.45, 7) is 2.76. The molecule has 9 heteroatoms. The molecule has 5 rings (SSSR count). The van der Waals surface area contributed by atoms with Gasteiger partial charge in [0.1, 0.15) is 5.54 Å². The topological polar surface area (TPSA) is 122 Å². The van der Waals surface area contributed by atoms with Crippen molar-refractivity contribution in [3.05, 3.63) is 74.9 Å². The molecule has 2 aliphatic heterocycles. The maximum absolute atomic E-state index is 13.0. The number of rotatable bonds is 5. The SMILES string of the molecule is NC(=O)C1(N2CCCCC2)CCN(C(=O)Cc2ccc(-n3c(=O)[nH]c4ccccc4c3=O)cc2)CC1. The molecule has 0 spiro atoms. The van der Waals surface area contributed by atoms with E-state index >= 15 is 0 Å². The first-order valence-electron chi connectivity index (χ1n) is 12.6. The van der Waals surface area contributed by atoms with Crippen LogP contribution < -0.4 is 17.0 Å². The number of carbonyl (C=O) groups is 2. The fourth-order valence-corrected chi connectivity index (χ4v) is 5.61. The lowest BCUT2D eigenvalue weighted by atomic mass is 9.83. The number of aromatic nitrogens is 2. The second kappa shape index (κ2) is 9.73. The van der Waals surface area contributed by atoms with E-state index in [0.29, 0.717) is 42.5 Å². The van der Waals surface area contributed by atoms with E-state index < -0.39 is 16.8 Å². The van der Waals surface area contributed by atoms with Gasteiger partial charge in [0.25, 0.3) is 5.56 Å². The predicted molar refractivity (Wildman–Crippen MR) is 137 cm³/mol. The molecule has 2 saturated heterocycles. The lowest BCUT2D eigenvalue weighted by Crippen LogP contribution is -2.63. The fraction of sp³-hybridized carbons (Fsp3) is 0.407. The van der Waals surface area contributed by atoms with Gasteiger partial charge < -0.3 is 15.6 Å².